The van der Waals surface area contributed by atoms with E-state index in [-0.39, 0.29) is 0 Å². The maximum atomic E-state index is 11.8. The zero-order chi connectivity index (χ0) is 15.6. The Morgan fingerprint density at radius 3 is 2.10 bits per heavy atom. The highest BCUT2D eigenvalue weighted by Crippen LogP contribution is 2.40. The lowest BCUT2D eigenvalue weighted by Gasteiger charge is -2.46. The largest absolute Gasteiger partial charge is 0.481 e. The summed E-state index contributed by atoms with van der Waals surface area (Å²) >= 11 is 0. The highest BCUT2D eigenvalue weighted by atomic mass is 16.6. The predicted octanol–water partition coefficient (Wildman–Crippen LogP) is 1.61. The highest BCUT2D eigenvalue weighted by Gasteiger charge is 2.50. The number of ether oxygens (including phenoxy) is 1. The molecule has 0 aromatic carbocycles. The summed E-state index contributed by atoms with van der Waals surface area (Å²) in [4.78, 5) is 33.9. The minimum Gasteiger partial charge on any atom is -0.481 e. The monoisotopic (exact) mass is 287 g/mol. The van der Waals surface area contributed by atoms with E-state index in [1.165, 1.54) is 0 Å². The van der Waals surface area contributed by atoms with Gasteiger partial charge in [-0.2, -0.15) is 0 Å². The van der Waals surface area contributed by atoms with Crippen molar-refractivity contribution in [3.63, 3.8) is 0 Å². The molecule has 20 heavy (non-hydrogen) atoms. The summed E-state index contributed by atoms with van der Waals surface area (Å²) in [6, 6.07) is 0. The number of aliphatic carboxylic acids is 2. The van der Waals surface area contributed by atoms with Crippen LogP contribution in [0.5, 0.6) is 0 Å². The van der Waals surface area contributed by atoms with Gasteiger partial charge in [-0.25, -0.2) is 4.79 Å². The number of amides is 1. The first kappa shape index (κ1) is 16.3. The molecule has 114 valence electrons. The first-order valence-corrected chi connectivity index (χ1v) is 6.51. The summed E-state index contributed by atoms with van der Waals surface area (Å²) in [6.45, 7) is 5.10. The van der Waals surface area contributed by atoms with E-state index in [4.69, 9.17) is 9.84 Å². The van der Waals surface area contributed by atoms with Gasteiger partial charge in [0.25, 0.3) is 0 Å². The summed E-state index contributed by atoms with van der Waals surface area (Å²) < 4.78 is 5.11. The molecule has 1 rings (SSSR count). The van der Waals surface area contributed by atoms with E-state index in [2.05, 4.69) is 5.32 Å². The van der Waals surface area contributed by atoms with Gasteiger partial charge in [0.1, 0.15) is 5.60 Å². The number of hydrogen-bond acceptors (Lipinski definition) is 4. The fourth-order valence-corrected chi connectivity index (χ4v) is 2.32. The lowest BCUT2D eigenvalue weighted by atomic mass is 9.67. The van der Waals surface area contributed by atoms with Gasteiger partial charge in [-0.1, -0.05) is 0 Å². The normalized spacial score (nSPS) is 18.6. The smallest absolute Gasteiger partial charge is 0.408 e. The molecule has 1 amide bonds. The van der Waals surface area contributed by atoms with E-state index >= 15 is 0 Å². The Balaban J connectivity index is 2.82. The molecule has 1 unspecified atom stereocenters. The quantitative estimate of drug-likeness (QED) is 0.708. The van der Waals surface area contributed by atoms with Crippen molar-refractivity contribution in [1.82, 2.24) is 5.32 Å². The lowest BCUT2D eigenvalue weighted by molar-refractivity contribution is -0.153. The molecular formula is C13H21NO6. The van der Waals surface area contributed by atoms with E-state index in [1.807, 2.05) is 0 Å². The molecule has 0 aliphatic heterocycles. The van der Waals surface area contributed by atoms with Crippen molar-refractivity contribution < 1.29 is 29.3 Å². The second-order valence-electron chi connectivity index (χ2n) is 6.13. The third-order valence-electron chi connectivity index (χ3n) is 3.34. The Hall–Kier alpha value is -1.79. The topological polar surface area (TPSA) is 113 Å². The van der Waals surface area contributed by atoms with Crippen LogP contribution < -0.4 is 5.32 Å². The number of rotatable bonds is 5. The predicted molar refractivity (Wildman–Crippen MR) is 69.3 cm³/mol. The summed E-state index contributed by atoms with van der Waals surface area (Å²) in [5.41, 5.74) is -1.72. The van der Waals surface area contributed by atoms with Crippen LogP contribution in [0.25, 0.3) is 0 Å². The van der Waals surface area contributed by atoms with Crippen LogP contribution >= 0.6 is 0 Å². The number of carboxylic acids is 2. The molecule has 1 fully saturated rings. The molecule has 1 saturated carbocycles. The molecular weight excluding hydrogens is 266 g/mol. The molecule has 1 aliphatic rings. The lowest BCUT2D eigenvalue weighted by Crippen LogP contribution is -2.61. The molecule has 7 nitrogen and oxygen atoms in total. The van der Waals surface area contributed by atoms with Gasteiger partial charge in [-0.15, -0.1) is 0 Å². The van der Waals surface area contributed by atoms with Crippen LogP contribution in [0, 0.1) is 5.92 Å². The number of carboxylic acid groups (broad SMARTS) is 2. The van der Waals surface area contributed by atoms with Gasteiger partial charge in [0.15, 0.2) is 0 Å². The Morgan fingerprint density at radius 2 is 1.80 bits per heavy atom. The van der Waals surface area contributed by atoms with E-state index in [0.717, 1.165) is 6.42 Å². The van der Waals surface area contributed by atoms with E-state index in [1.54, 1.807) is 20.8 Å². The average molecular weight is 287 g/mol. The van der Waals surface area contributed by atoms with Gasteiger partial charge < -0.3 is 20.3 Å². The molecule has 0 spiro atoms. The van der Waals surface area contributed by atoms with Crippen LogP contribution in [0.3, 0.4) is 0 Å². The Bertz CT molecular complexity index is 408. The first-order chi connectivity index (χ1) is 9.06. The minimum atomic E-state index is -1.22. The van der Waals surface area contributed by atoms with Crippen molar-refractivity contribution in [3.8, 4) is 0 Å². The molecule has 0 bridgehead atoms. The number of carbonyl (C=O) groups excluding carboxylic acids is 1. The van der Waals surface area contributed by atoms with Gasteiger partial charge in [0, 0.05) is 0 Å². The van der Waals surface area contributed by atoms with Crippen molar-refractivity contribution in [2.45, 2.75) is 57.6 Å². The van der Waals surface area contributed by atoms with Crippen LogP contribution in [0.4, 0.5) is 4.79 Å². The van der Waals surface area contributed by atoms with Gasteiger partial charge in [-0.3, -0.25) is 9.59 Å². The van der Waals surface area contributed by atoms with Gasteiger partial charge in [0.2, 0.25) is 0 Å². The molecule has 0 radical (unpaired) electrons. The van der Waals surface area contributed by atoms with Gasteiger partial charge >= 0.3 is 18.0 Å². The third-order valence-corrected chi connectivity index (χ3v) is 3.34. The molecule has 0 aromatic heterocycles. The Kier molecular flexibility index (Phi) is 4.62. The molecule has 0 saturated heterocycles. The maximum Gasteiger partial charge on any atom is 0.408 e. The van der Waals surface area contributed by atoms with Crippen LogP contribution in [-0.4, -0.2) is 39.4 Å². The maximum absolute atomic E-state index is 11.8. The van der Waals surface area contributed by atoms with Gasteiger partial charge in [0.05, 0.1) is 17.9 Å². The fourth-order valence-electron chi connectivity index (χ4n) is 2.32. The summed E-state index contributed by atoms with van der Waals surface area (Å²) in [7, 11) is 0. The van der Waals surface area contributed by atoms with Crippen molar-refractivity contribution in [2.75, 3.05) is 0 Å². The zero-order valence-electron chi connectivity index (χ0n) is 11.9. The van der Waals surface area contributed by atoms with Crippen molar-refractivity contribution in [2.24, 2.45) is 5.92 Å². The van der Waals surface area contributed by atoms with Crippen LogP contribution in [0.15, 0.2) is 0 Å². The van der Waals surface area contributed by atoms with E-state index < -0.39 is 41.5 Å². The number of alkyl carbamates (subject to hydrolysis) is 1. The SMILES string of the molecule is CC(C)(C)OC(=O)NC1(C(CC(=O)O)C(=O)O)CCC1. The molecule has 1 atom stereocenters. The van der Waals surface area contributed by atoms with Crippen molar-refractivity contribution >= 4 is 18.0 Å². The zero-order valence-corrected chi connectivity index (χ0v) is 11.9. The minimum absolute atomic E-state index is 0.441. The van der Waals surface area contributed by atoms with E-state index in [9.17, 15) is 19.5 Å². The van der Waals surface area contributed by atoms with Crippen molar-refractivity contribution in [1.29, 1.82) is 0 Å². The second-order valence-corrected chi connectivity index (χ2v) is 6.13. The standard InChI is InChI=1S/C13H21NO6/c1-12(2,3)20-11(19)14-13(5-4-6-13)8(10(17)18)7-9(15)16/h8H,4-7H2,1-3H3,(H,14,19)(H,15,16)(H,17,18). The molecule has 1 aliphatic carbocycles. The number of carbonyl (C=O) groups is 3. The van der Waals surface area contributed by atoms with E-state index in [0.29, 0.717) is 12.8 Å². The number of nitrogens with one attached hydrogen (secondary N) is 1. The molecule has 0 aromatic rings. The Morgan fingerprint density at radius 1 is 1.25 bits per heavy atom. The number of hydrogen-bond donors (Lipinski definition) is 3. The average Bonchev–Trinajstić information content (AvgIpc) is 2.17. The molecule has 3 N–H and O–H groups in total. The highest BCUT2D eigenvalue weighted by molar-refractivity contribution is 5.80. The molecule has 7 heteroatoms. The summed E-state index contributed by atoms with van der Waals surface area (Å²) in [5, 5.41) is 20.6. The summed E-state index contributed by atoms with van der Waals surface area (Å²) in [5.74, 6) is -3.57. The third kappa shape index (κ3) is 4.11. The van der Waals surface area contributed by atoms with Crippen LogP contribution in [0.2, 0.25) is 0 Å². The second kappa shape index (κ2) is 5.68. The molecule has 0 heterocycles. The van der Waals surface area contributed by atoms with Gasteiger partial charge in [-0.05, 0) is 40.0 Å². The summed E-state index contributed by atoms with van der Waals surface area (Å²) in [6.07, 6.45) is 0.394. The fraction of sp³-hybridized carbons (Fsp3) is 0.769. The van der Waals surface area contributed by atoms with Crippen LogP contribution in [-0.2, 0) is 14.3 Å². The Labute approximate surface area is 117 Å². The van der Waals surface area contributed by atoms with Crippen molar-refractivity contribution in [3.05, 3.63) is 0 Å². The van der Waals surface area contributed by atoms with Crippen LogP contribution in [0.1, 0.15) is 46.5 Å². The first-order valence-electron chi connectivity index (χ1n) is 6.51.